The molecule has 0 spiro atoms. The summed E-state index contributed by atoms with van der Waals surface area (Å²) < 4.78 is 39.8. The first-order valence-electron chi connectivity index (χ1n) is 7.34. The van der Waals surface area contributed by atoms with Gasteiger partial charge in [0, 0.05) is 17.9 Å². The molecule has 24 heavy (non-hydrogen) atoms. The fourth-order valence-electron chi connectivity index (χ4n) is 1.86. The fourth-order valence-corrected chi connectivity index (χ4v) is 3.14. The molecule has 0 radical (unpaired) electrons. The topological polar surface area (TPSA) is 70.2 Å². The molecule has 5 nitrogen and oxygen atoms in total. The van der Waals surface area contributed by atoms with Crippen LogP contribution in [0.4, 0.5) is 15.8 Å². The number of thiocarbonyl (C=S) groups is 1. The number of anilines is 2. The monoisotopic (exact) mass is 367 g/mol. The van der Waals surface area contributed by atoms with Gasteiger partial charge in [0.2, 0.25) is 0 Å². The summed E-state index contributed by atoms with van der Waals surface area (Å²) in [6.45, 7) is 2.82. The molecule has 2 rings (SSSR count). The Balaban J connectivity index is 2.03. The lowest BCUT2D eigenvalue weighted by molar-refractivity contribution is 0.599. The third-order valence-electron chi connectivity index (χ3n) is 3.05. The first-order chi connectivity index (χ1) is 11.4. The molecule has 0 bridgehead atoms. The highest BCUT2D eigenvalue weighted by Gasteiger charge is 2.14. The van der Waals surface area contributed by atoms with Crippen LogP contribution in [0.1, 0.15) is 13.3 Å². The van der Waals surface area contributed by atoms with Gasteiger partial charge in [0.05, 0.1) is 4.90 Å². The van der Waals surface area contributed by atoms with Gasteiger partial charge in [-0.1, -0.05) is 6.92 Å². The first kappa shape index (κ1) is 18.2. The van der Waals surface area contributed by atoms with Crippen LogP contribution in [0.5, 0.6) is 0 Å². The van der Waals surface area contributed by atoms with Gasteiger partial charge < -0.3 is 10.6 Å². The quantitative estimate of drug-likeness (QED) is 0.683. The minimum absolute atomic E-state index is 0.00366. The van der Waals surface area contributed by atoms with Gasteiger partial charge in [-0.25, -0.2) is 12.8 Å². The first-order valence-corrected chi connectivity index (χ1v) is 9.23. The molecular weight excluding hydrogens is 349 g/mol. The maximum absolute atomic E-state index is 12.9. The Bertz CT molecular complexity index is 791. The van der Waals surface area contributed by atoms with Crippen molar-refractivity contribution in [3.8, 4) is 0 Å². The molecule has 0 aliphatic heterocycles. The molecule has 2 aromatic carbocycles. The Hall–Kier alpha value is -2.19. The highest BCUT2D eigenvalue weighted by atomic mass is 32.2. The normalized spacial score (nSPS) is 10.9. The molecule has 0 heterocycles. The molecule has 128 valence electrons. The maximum Gasteiger partial charge on any atom is 0.261 e. The highest BCUT2D eigenvalue weighted by Crippen LogP contribution is 2.18. The van der Waals surface area contributed by atoms with Gasteiger partial charge in [-0.15, -0.1) is 0 Å². The average molecular weight is 367 g/mol. The summed E-state index contributed by atoms with van der Waals surface area (Å²) in [7, 11) is -3.75. The molecule has 0 saturated carbocycles. The van der Waals surface area contributed by atoms with Crippen molar-refractivity contribution in [2.75, 3.05) is 16.6 Å². The minimum Gasteiger partial charge on any atom is -0.362 e. The zero-order valence-electron chi connectivity index (χ0n) is 13.0. The second kappa shape index (κ2) is 8.07. The van der Waals surface area contributed by atoms with Crippen molar-refractivity contribution in [3.05, 3.63) is 54.3 Å². The van der Waals surface area contributed by atoms with E-state index in [9.17, 15) is 12.8 Å². The van der Waals surface area contributed by atoms with E-state index in [1.165, 1.54) is 12.1 Å². The smallest absolute Gasteiger partial charge is 0.261 e. The molecule has 0 atom stereocenters. The van der Waals surface area contributed by atoms with Crippen molar-refractivity contribution in [2.24, 2.45) is 0 Å². The molecule has 0 amide bonds. The lowest BCUT2D eigenvalue weighted by Gasteiger charge is -2.11. The van der Waals surface area contributed by atoms with Gasteiger partial charge in [0.25, 0.3) is 10.0 Å². The largest absolute Gasteiger partial charge is 0.362 e. The third-order valence-corrected chi connectivity index (χ3v) is 4.70. The van der Waals surface area contributed by atoms with Crippen molar-refractivity contribution in [1.82, 2.24) is 5.32 Å². The Morgan fingerprint density at radius 2 is 1.62 bits per heavy atom. The molecule has 0 unspecified atom stereocenters. The Morgan fingerprint density at radius 1 is 1.04 bits per heavy atom. The number of nitrogens with one attached hydrogen (secondary N) is 3. The molecule has 0 saturated heterocycles. The molecule has 0 aliphatic rings. The van der Waals surface area contributed by atoms with E-state index >= 15 is 0 Å². The van der Waals surface area contributed by atoms with Gasteiger partial charge in [-0.05, 0) is 67.2 Å². The molecule has 3 N–H and O–H groups in total. The van der Waals surface area contributed by atoms with Gasteiger partial charge in [-0.3, -0.25) is 4.72 Å². The van der Waals surface area contributed by atoms with E-state index in [1.54, 1.807) is 24.3 Å². The number of hydrogen-bond acceptors (Lipinski definition) is 3. The van der Waals surface area contributed by atoms with Gasteiger partial charge in [0.15, 0.2) is 5.11 Å². The lowest BCUT2D eigenvalue weighted by Crippen LogP contribution is -2.28. The molecule has 0 fully saturated rings. The van der Waals surface area contributed by atoms with Crippen molar-refractivity contribution >= 4 is 38.7 Å². The molecule has 8 heteroatoms. The lowest BCUT2D eigenvalue weighted by atomic mass is 10.3. The van der Waals surface area contributed by atoms with Crippen LogP contribution >= 0.6 is 12.2 Å². The standard InChI is InChI=1S/C16H18FN3O2S2/c1-2-11-18-16(23)19-13-5-7-14(8-6-13)20-24(21,22)15-9-3-12(17)4-10-15/h3-10,20H,2,11H2,1H3,(H2,18,19,23). The highest BCUT2D eigenvalue weighted by molar-refractivity contribution is 7.92. The summed E-state index contributed by atoms with van der Waals surface area (Å²) in [5.74, 6) is -0.489. The Morgan fingerprint density at radius 3 is 2.21 bits per heavy atom. The Labute approximate surface area is 146 Å². The van der Waals surface area contributed by atoms with E-state index in [0.717, 1.165) is 30.8 Å². The van der Waals surface area contributed by atoms with E-state index in [0.29, 0.717) is 10.8 Å². The predicted octanol–water partition coefficient (Wildman–Crippen LogP) is 3.32. The van der Waals surface area contributed by atoms with Crippen molar-refractivity contribution in [2.45, 2.75) is 18.2 Å². The molecule has 0 aromatic heterocycles. The van der Waals surface area contributed by atoms with E-state index in [4.69, 9.17) is 12.2 Å². The summed E-state index contributed by atoms with van der Waals surface area (Å²) in [6, 6.07) is 11.3. The van der Waals surface area contributed by atoms with Crippen LogP contribution < -0.4 is 15.4 Å². The van der Waals surface area contributed by atoms with Gasteiger partial charge in [-0.2, -0.15) is 0 Å². The third kappa shape index (κ3) is 5.17. The van der Waals surface area contributed by atoms with Gasteiger partial charge >= 0.3 is 0 Å². The number of halogens is 1. The average Bonchev–Trinajstić information content (AvgIpc) is 2.55. The van der Waals surface area contributed by atoms with E-state index in [2.05, 4.69) is 15.4 Å². The predicted molar refractivity (Wildman–Crippen MR) is 98.2 cm³/mol. The number of sulfonamides is 1. The number of benzene rings is 2. The van der Waals surface area contributed by atoms with E-state index in [-0.39, 0.29) is 4.90 Å². The number of hydrogen-bond donors (Lipinski definition) is 3. The van der Waals surface area contributed by atoms with Crippen LogP contribution in [-0.4, -0.2) is 20.1 Å². The van der Waals surface area contributed by atoms with Crippen LogP contribution in [-0.2, 0) is 10.0 Å². The van der Waals surface area contributed by atoms with Crippen LogP contribution in [0, 0.1) is 5.82 Å². The second-order valence-electron chi connectivity index (χ2n) is 5.02. The Kier molecular flexibility index (Phi) is 6.10. The van der Waals surface area contributed by atoms with E-state index in [1.807, 2.05) is 6.92 Å². The van der Waals surface area contributed by atoms with Crippen LogP contribution in [0.3, 0.4) is 0 Å². The SMILES string of the molecule is CCCNC(=S)Nc1ccc(NS(=O)(=O)c2ccc(F)cc2)cc1. The summed E-state index contributed by atoms with van der Waals surface area (Å²) >= 11 is 5.13. The minimum atomic E-state index is -3.75. The van der Waals surface area contributed by atoms with Gasteiger partial charge in [0.1, 0.15) is 5.82 Å². The summed E-state index contributed by atoms with van der Waals surface area (Å²) in [4.78, 5) is -0.00366. The summed E-state index contributed by atoms with van der Waals surface area (Å²) in [5.41, 5.74) is 1.14. The van der Waals surface area contributed by atoms with Crippen LogP contribution in [0.2, 0.25) is 0 Å². The van der Waals surface area contributed by atoms with Crippen LogP contribution in [0.25, 0.3) is 0 Å². The van der Waals surface area contributed by atoms with Crippen molar-refractivity contribution in [3.63, 3.8) is 0 Å². The molecule has 0 aliphatic carbocycles. The fraction of sp³-hybridized carbons (Fsp3) is 0.188. The maximum atomic E-state index is 12.9. The van der Waals surface area contributed by atoms with Crippen LogP contribution in [0.15, 0.2) is 53.4 Å². The van der Waals surface area contributed by atoms with Crippen molar-refractivity contribution < 1.29 is 12.8 Å². The second-order valence-corrected chi connectivity index (χ2v) is 7.11. The summed E-state index contributed by atoms with van der Waals surface area (Å²) in [6.07, 6.45) is 0.964. The number of rotatable bonds is 6. The van der Waals surface area contributed by atoms with E-state index < -0.39 is 15.8 Å². The van der Waals surface area contributed by atoms with Crippen molar-refractivity contribution in [1.29, 1.82) is 0 Å². The molecular formula is C16H18FN3O2S2. The zero-order chi connectivity index (χ0) is 17.6. The molecule has 2 aromatic rings. The zero-order valence-corrected chi connectivity index (χ0v) is 14.7. The summed E-state index contributed by atoms with van der Waals surface area (Å²) in [5, 5.41) is 6.55.